The number of amides is 1. The zero-order valence-corrected chi connectivity index (χ0v) is 16.0. The molecule has 0 saturated carbocycles. The lowest BCUT2D eigenvalue weighted by Crippen LogP contribution is -2.49. The van der Waals surface area contributed by atoms with Crippen molar-refractivity contribution in [3.8, 4) is 0 Å². The number of carbonyl (C=O) groups is 1. The fraction of sp³-hybridized carbons (Fsp3) is 0.944. The quantitative estimate of drug-likeness (QED) is 0.833. The van der Waals surface area contributed by atoms with E-state index in [0.29, 0.717) is 19.0 Å². The van der Waals surface area contributed by atoms with Crippen molar-refractivity contribution in [2.75, 3.05) is 19.6 Å². The number of likely N-dealkylation sites (tertiary alicyclic amines) is 1. The number of ether oxygens (including phenoxy) is 1. The fourth-order valence-electron chi connectivity index (χ4n) is 2.68. The first-order valence-electron chi connectivity index (χ1n) is 8.79. The van der Waals surface area contributed by atoms with Gasteiger partial charge in [-0.25, -0.2) is 4.79 Å². The van der Waals surface area contributed by atoms with Gasteiger partial charge >= 0.3 is 6.09 Å². The van der Waals surface area contributed by atoms with E-state index in [9.17, 15) is 9.90 Å². The number of hydrogen-bond acceptors (Lipinski definition) is 4. The molecular weight excluding hydrogens is 292 g/mol. The average Bonchev–Trinajstić information content (AvgIpc) is 2.41. The van der Waals surface area contributed by atoms with Gasteiger partial charge in [-0.2, -0.15) is 0 Å². The molecule has 1 amide bonds. The Morgan fingerprint density at radius 3 is 2.43 bits per heavy atom. The molecule has 0 aromatic heterocycles. The van der Waals surface area contributed by atoms with Crippen LogP contribution in [0.1, 0.15) is 61.3 Å². The molecule has 0 radical (unpaired) electrons. The van der Waals surface area contributed by atoms with Gasteiger partial charge in [-0.1, -0.05) is 20.8 Å². The Bertz CT molecular complexity index is 385. The van der Waals surface area contributed by atoms with Crippen LogP contribution in [0.4, 0.5) is 4.79 Å². The van der Waals surface area contributed by atoms with Crippen molar-refractivity contribution in [1.29, 1.82) is 0 Å². The molecule has 1 aliphatic heterocycles. The van der Waals surface area contributed by atoms with E-state index in [1.165, 1.54) is 0 Å². The summed E-state index contributed by atoms with van der Waals surface area (Å²) >= 11 is 0. The summed E-state index contributed by atoms with van der Waals surface area (Å²) in [6.07, 6.45) is 1.50. The number of piperidine rings is 1. The van der Waals surface area contributed by atoms with E-state index in [2.05, 4.69) is 12.2 Å². The first-order chi connectivity index (χ1) is 10.4. The zero-order chi connectivity index (χ0) is 17.8. The third kappa shape index (κ3) is 7.08. The molecule has 0 aromatic rings. The Balaban J connectivity index is 2.49. The first-order valence-corrected chi connectivity index (χ1v) is 8.79. The minimum atomic E-state index is -0.454. The van der Waals surface area contributed by atoms with E-state index in [-0.39, 0.29) is 23.7 Å². The van der Waals surface area contributed by atoms with Crippen LogP contribution in [-0.2, 0) is 4.74 Å². The lowest BCUT2D eigenvalue weighted by molar-refractivity contribution is 0.0136. The lowest BCUT2D eigenvalue weighted by Gasteiger charge is -2.37. The standard InChI is InChI=1S/C18H36N2O3/c1-13(19-11-15(21)17(2,3)4)14-9-8-10-20(12-14)16(22)23-18(5,6)7/h13-15,19,21H,8-12H2,1-7H3. The predicted octanol–water partition coefficient (Wildman–Crippen LogP) is 3.02. The third-order valence-electron chi connectivity index (χ3n) is 4.45. The second-order valence-corrected chi connectivity index (χ2v) is 8.91. The Hall–Kier alpha value is -0.810. The summed E-state index contributed by atoms with van der Waals surface area (Å²) in [6, 6.07) is 0.261. The predicted molar refractivity (Wildman–Crippen MR) is 93.5 cm³/mol. The molecule has 1 fully saturated rings. The van der Waals surface area contributed by atoms with Gasteiger partial charge in [0, 0.05) is 25.7 Å². The normalized spacial score (nSPS) is 22.6. The first kappa shape index (κ1) is 20.2. The largest absolute Gasteiger partial charge is 0.444 e. The molecule has 3 atom stereocenters. The van der Waals surface area contributed by atoms with Crippen molar-refractivity contribution in [3.63, 3.8) is 0 Å². The average molecular weight is 328 g/mol. The van der Waals surface area contributed by atoms with Crippen LogP contribution in [0.3, 0.4) is 0 Å². The van der Waals surface area contributed by atoms with Crippen molar-refractivity contribution in [2.45, 2.75) is 79.1 Å². The summed E-state index contributed by atoms with van der Waals surface area (Å²) in [6.45, 7) is 16.0. The van der Waals surface area contributed by atoms with Crippen LogP contribution < -0.4 is 5.32 Å². The monoisotopic (exact) mass is 328 g/mol. The molecule has 136 valence electrons. The van der Waals surface area contributed by atoms with Crippen molar-refractivity contribution in [1.82, 2.24) is 10.2 Å². The highest BCUT2D eigenvalue weighted by Gasteiger charge is 2.31. The number of nitrogens with one attached hydrogen (secondary N) is 1. The van der Waals surface area contributed by atoms with E-state index < -0.39 is 5.60 Å². The van der Waals surface area contributed by atoms with Gasteiger partial charge in [0.1, 0.15) is 5.60 Å². The van der Waals surface area contributed by atoms with Gasteiger partial charge < -0.3 is 20.1 Å². The Labute approximate surface area is 141 Å². The van der Waals surface area contributed by atoms with Gasteiger partial charge in [0.25, 0.3) is 0 Å². The van der Waals surface area contributed by atoms with E-state index in [1.807, 2.05) is 46.4 Å². The van der Waals surface area contributed by atoms with Gasteiger partial charge in [0.15, 0.2) is 0 Å². The molecule has 1 aliphatic rings. The second kappa shape index (κ2) is 7.84. The summed E-state index contributed by atoms with van der Waals surface area (Å²) in [4.78, 5) is 14.0. The topological polar surface area (TPSA) is 61.8 Å². The van der Waals surface area contributed by atoms with Crippen molar-refractivity contribution in [3.05, 3.63) is 0 Å². The molecule has 5 heteroatoms. The smallest absolute Gasteiger partial charge is 0.410 e. The second-order valence-electron chi connectivity index (χ2n) is 8.91. The number of rotatable bonds is 4. The maximum Gasteiger partial charge on any atom is 0.410 e. The highest BCUT2D eigenvalue weighted by Crippen LogP contribution is 2.23. The molecule has 0 spiro atoms. The van der Waals surface area contributed by atoms with Crippen LogP contribution in [0.15, 0.2) is 0 Å². The number of nitrogens with zero attached hydrogens (tertiary/aromatic N) is 1. The number of hydrogen-bond donors (Lipinski definition) is 2. The Kier molecular flexibility index (Phi) is 6.90. The van der Waals surface area contributed by atoms with Crippen LogP contribution in [0.2, 0.25) is 0 Å². The molecular formula is C18H36N2O3. The minimum absolute atomic E-state index is 0.123. The van der Waals surface area contributed by atoms with Crippen molar-refractivity contribution in [2.24, 2.45) is 11.3 Å². The van der Waals surface area contributed by atoms with Gasteiger partial charge in [0.05, 0.1) is 6.10 Å². The lowest BCUT2D eigenvalue weighted by atomic mass is 9.88. The van der Waals surface area contributed by atoms with E-state index in [1.54, 1.807) is 0 Å². The maximum atomic E-state index is 12.2. The fourth-order valence-corrected chi connectivity index (χ4v) is 2.68. The van der Waals surface area contributed by atoms with Crippen molar-refractivity contribution >= 4 is 6.09 Å². The summed E-state index contributed by atoms with van der Waals surface area (Å²) < 4.78 is 5.47. The Morgan fingerprint density at radius 2 is 1.91 bits per heavy atom. The molecule has 0 bridgehead atoms. The van der Waals surface area contributed by atoms with Crippen LogP contribution >= 0.6 is 0 Å². The molecule has 23 heavy (non-hydrogen) atoms. The van der Waals surface area contributed by atoms with Gasteiger partial charge in [-0.15, -0.1) is 0 Å². The molecule has 0 aliphatic carbocycles. The SMILES string of the molecule is CC(NCC(O)C(C)(C)C)C1CCCN(C(=O)OC(C)(C)C)C1. The van der Waals surface area contributed by atoms with Crippen LogP contribution in [-0.4, -0.2) is 53.5 Å². The number of carbonyl (C=O) groups excluding carboxylic acids is 1. The zero-order valence-electron chi connectivity index (χ0n) is 16.0. The summed E-state index contributed by atoms with van der Waals surface area (Å²) in [5, 5.41) is 13.6. The molecule has 1 heterocycles. The highest BCUT2D eigenvalue weighted by molar-refractivity contribution is 5.68. The molecule has 0 aromatic carbocycles. The molecule has 2 N–H and O–H groups in total. The Morgan fingerprint density at radius 1 is 1.30 bits per heavy atom. The minimum Gasteiger partial charge on any atom is -0.444 e. The van der Waals surface area contributed by atoms with Crippen LogP contribution in [0.25, 0.3) is 0 Å². The summed E-state index contributed by atoms with van der Waals surface area (Å²) in [5.74, 6) is 0.392. The maximum absolute atomic E-state index is 12.2. The van der Waals surface area contributed by atoms with Gasteiger partial charge in [-0.05, 0) is 51.9 Å². The van der Waals surface area contributed by atoms with Crippen LogP contribution in [0.5, 0.6) is 0 Å². The van der Waals surface area contributed by atoms with Gasteiger partial charge in [-0.3, -0.25) is 0 Å². The highest BCUT2D eigenvalue weighted by atomic mass is 16.6. The number of aliphatic hydroxyl groups excluding tert-OH is 1. The molecule has 5 nitrogen and oxygen atoms in total. The van der Waals surface area contributed by atoms with E-state index >= 15 is 0 Å². The summed E-state index contributed by atoms with van der Waals surface area (Å²) in [7, 11) is 0. The molecule has 1 saturated heterocycles. The van der Waals surface area contributed by atoms with E-state index in [0.717, 1.165) is 19.4 Å². The third-order valence-corrected chi connectivity index (χ3v) is 4.45. The van der Waals surface area contributed by atoms with Crippen LogP contribution in [0, 0.1) is 11.3 Å². The summed E-state index contributed by atoms with van der Waals surface area (Å²) in [5.41, 5.74) is -0.577. The number of aliphatic hydroxyl groups is 1. The van der Waals surface area contributed by atoms with Gasteiger partial charge in [0.2, 0.25) is 0 Å². The van der Waals surface area contributed by atoms with E-state index in [4.69, 9.17) is 4.74 Å². The van der Waals surface area contributed by atoms with Crippen molar-refractivity contribution < 1.29 is 14.6 Å². The molecule has 1 rings (SSSR count). The molecule has 3 unspecified atom stereocenters.